The van der Waals surface area contributed by atoms with Crippen LogP contribution in [0.2, 0.25) is 0 Å². The molecule has 1 aromatic carbocycles. The number of amides is 2. The predicted octanol–water partition coefficient (Wildman–Crippen LogP) is 2.01. The highest BCUT2D eigenvalue weighted by Gasteiger charge is 2.00. The molecule has 0 fully saturated rings. The zero-order valence-corrected chi connectivity index (χ0v) is 13.3. The van der Waals surface area contributed by atoms with Crippen LogP contribution in [0.4, 0.5) is 4.79 Å². The summed E-state index contributed by atoms with van der Waals surface area (Å²) in [4.78, 5) is 13.6. The summed E-state index contributed by atoms with van der Waals surface area (Å²) in [6.45, 7) is 4.92. The second kappa shape index (κ2) is 10.0. The third-order valence-corrected chi connectivity index (χ3v) is 3.03. The molecule has 21 heavy (non-hydrogen) atoms. The topological polar surface area (TPSA) is 53.6 Å². The van der Waals surface area contributed by atoms with Crippen LogP contribution in [0, 0.1) is 6.92 Å². The van der Waals surface area contributed by atoms with Gasteiger partial charge in [-0.25, -0.2) is 4.79 Å². The fourth-order valence-corrected chi connectivity index (χ4v) is 1.83. The molecule has 5 nitrogen and oxygen atoms in total. The Morgan fingerprint density at radius 3 is 2.48 bits per heavy atom. The Labute approximate surface area is 127 Å². The van der Waals surface area contributed by atoms with Gasteiger partial charge in [0.25, 0.3) is 0 Å². The van der Waals surface area contributed by atoms with Gasteiger partial charge in [-0.15, -0.1) is 0 Å². The van der Waals surface area contributed by atoms with Gasteiger partial charge in [-0.05, 0) is 52.0 Å². The van der Waals surface area contributed by atoms with E-state index in [2.05, 4.69) is 15.5 Å². The molecule has 0 aliphatic carbocycles. The van der Waals surface area contributed by atoms with E-state index in [1.165, 1.54) is 0 Å². The number of nitrogens with one attached hydrogen (secondary N) is 2. The van der Waals surface area contributed by atoms with E-state index >= 15 is 0 Å². The molecule has 0 unspecified atom stereocenters. The Morgan fingerprint density at radius 1 is 1.14 bits per heavy atom. The zero-order valence-electron chi connectivity index (χ0n) is 13.3. The van der Waals surface area contributed by atoms with Crippen molar-refractivity contribution in [2.24, 2.45) is 0 Å². The third-order valence-electron chi connectivity index (χ3n) is 3.03. The number of carbonyl (C=O) groups is 1. The van der Waals surface area contributed by atoms with Gasteiger partial charge < -0.3 is 20.3 Å². The van der Waals surface area contributed by atoms with Crippen molar-refractivity contribution >= 4 is 6.03 Å². The first-order chi connectivity index (χ1) is 10.1. The molecule has 0 heterocycles. The lowest BCUT2D eigenvalue weighted by atomic mass is 10.2. The fraction of sp³-hybridized carbons (Fsp3) is 0.562. The van der Waals surface area contributed by atoms with Crippen molar-refractivity contribution in [3.63, 3.8) is 0 Å². The van der Waals surface area contributed by atoms with E-state index in [4.69, 9.17) is 4.74 Å². The third kappa shape index (κ3) is 8.19. The van der Waals surface area contributed by atoms with E-state index in [1.54, 1.807) is 0 Å². The Balaban J connectivity index is 2.01. The number of carbonyl (C=O) groups excluding carboxylic acids is 1. The summed E-state index contributed by atoms with van der Waals surface area (Å²) in [5.41, 5.74) is 1.13. The minimum Gasteiger partial charge on any atom is -0.493 e. The van der Waals surface area contributed by atoms with Crippen molar-refractivity contribution in [1.82, 2.24) is 15.5 Å². The molecular formula is C16H27N3O2. The van der Waals surface area contributed by atoms with Crippen molar-refractivity contribution in [3.05, 3.63) is 29.8 Å². The van der Waals surface area contributed by atoms with Gasteiger partial charge in [-0.2, -0.15) is 0 Å². The summed E-state index contributed by atoms with van der Waals surface area (Å²) >= 11 is 0. The maximum atomic E-state index is 11.5. The zero-order chi connectivity index (χ0) is 15.5. The molecule has 0 saturated carbocycles. The molecule has 0 aliphatic rings. The van der Waals surface area contributed by atoms with Crippen LogP contribution in [0.1, 0.15) is 18.4 Å². The van der Waals surface area contributed by atoms with E-state index in [0.717, 1.165) is 30.7 Å². The van der Waals surface area contributed by atoms with Crippen molar-refractivity contribution < 1.29 is 9.53 Å². The second-order valence-electron chi connectivity index (χ2n) is 5.31. The molecule has 0 atom stereocenters. The Kier molecular flexibility index (Phi) is 8.28. The molecule has 2 amide bonds. The van der Waals surface area contributed by atoms with Crippen LogP contribution in [0.5, 0.6) is 5.75 Å². The molecule has 0 saturated heterocycles. The molecule has 0 aliphatic heterocycles. The summed E-state index contributed by atoms with van der Waals surface area (Å²) in [5.74, 6) is 0.908. The first kappa shape index (κ1) is 17.3. The lowest BCUT2D eigenvalue weighted by Gasteiger charge is -2.11. The SMILES string of the molecule is Cc1ccccc1OCCCNC(=O)NCCCN(C)C. The molecule has 118 valence electrons. The monoisotopic (exact) mass is 293 g/mol. The highest BCUT2D eigenvalue weighted by atomic mass is 16.5. The smallest absolute Gasteiger partial charge is 0.314 e. The summed E-state index contributed by atoms with van der Waals surface area (Å²) < 4.78 is 5.67. The van der Waals surface area contributed by atoms with E-state index in [-0.39, 0.29) is 6.03 Å². The molecule has 0 radical (unpaired) electrons. The highest BCUT2D eigenvalue weighted by Crippen LogP contribution is 2.15. The van der Waals surface area contributed by atoms with Crippen molar-refractivity contribution in [3.8, 4) is 5.75 Å². The highest BCUT2D eigenvalue weighted by molar-refractivity contribution is 5.73. The van der Waals surface area contributed by atoms with Crippen LogP contribution < -0.4 is 15.4 Å². The number of hydrogen-bond acceptors (Lipinski definition) is 3. The number of benzene rings is 1. The maximum absolute atomic E-state index is 11.5. The number of rotatable bonds is 9. The van der Waals surface area contributed by atoms with E-state index in [1.807, 2.05) is 45.3 Å². The molecule has 1 rings (SSSR count). The summed E-state index contributed by atoms with van der Waals surface area (Å²) in [6, 6.07) is 7.82. The lowest BCUT2D eigenvalue weighted by Crippen LogP contribution is -2.37. The summed E-state index contributed by atoms with van der Waals surface area (Å²) in [7, 11) is 4.04. The predicted molar refractivity (Wildman–Crippen MR) is 85.9 cm³/mol. The summed E-state index contributed by atoms with van der Waals surface area (Å²) in [6.07, 6.45) is 1.75. The number of ether oxygens (including phenoxy) is 1. The Morgan fingerprint density at radius 2 is 1.81 bits per heavy atom. The van der Waals surface area contributed by atoms with Crippen LogP contribution >= 0.6 is 0 Å². The summed E-state index contributed by atoms with van der Waals surface area (Å²) in [5, 5.41) is 5.67. The van der Waals surface area contributed by atoms with Gasteiger partial charge in [0.1, 0.15) is 5.75 Å². The van der Waals surface area contributed by atoms with E-state index < -0.39 is 0 Å². The number of para-hydroxylation sites is 1. The van der Waals surface area contributed by atoms with Crippen molar-refractivity contribution in [2.45, 2.75) is 19.8 Å². The number of hydrogen-bond donors (Lipinski definition) is 2. The molecule has 0 aromatic heterocycles. The number of aryl methyl sites for hydroxylation is 1. The Bertz CT molecular complexity index is 422. The maximum Gasteiger partial charge on any atom is 0.314 e. The minimum absolute atomic E-state index is 0.107. The number of nitrogens with zero attached hydrogens (tertiary/aromatic N) is 1. The van der Waals surface area contributed by atoms with Crippen LogP contribution in [0.25, 0.3) is 0 Å². The Hall–Kier alpha value is -1.75. The molecule has 5 heteroatoms. The van der Waals surface area contributed by atoms with Crippen LogP contribution in [-0.2, 0) is 0 Å². The van der Waals surface area contributed by atoms with Gasteiger partial charge in [0.15, 0.2) is 0 Å². The van der Waals surface area contributed by atoms with Crippen molar-refractivity contribution in [1.29, 1.82) is 0 Å². The standard InChI is InChI=1S/C16H27N3O2/c1-14-8-4-5-9-15(14)21-13-7-11-18-16(20)17-10-6-12-19(2)3/h4-5,8-9H,6-7,10-13H2,1-3H3,(H2,17,18,20). The van der Waals surface area contributed by atoms with Gasteiger partial charge >= 0.3 is 6.03 Å². The molecule has 2 N–H and O–H groups in total. The normalized spacial score (nSPS) is 10.5. The minimum atomic E-state index is -0.107. The van der Waals surface area contributed by atoms with Crippen LogP contribution in [-0.4, -0.2) is 51.3 Å². The quantitative estimate of drug-likeness (QED) is 0.685. The first-order valence-electron chi connectivity index (χ1n) is 7.44. The van der Waals surface area contributed by atoms with Gasteiger partial charge in [0, 0.05) is 13.1 Å². The average molecular weight is 293 g/mol. The van der Waals surface area contributed by atoms with Gasteiger partial charge in [0.2, 0.25) is 0 Å². The van der Waals surface area contributed by atoms with Crippen molar-refractivity contribution in [2.75, 3.05) is 40.3 Å². The molecule has 0 spiro atoms. The van der Waals surface area contributed by atoms with E-state index in [0.29, 0.717) is 19.7 Å². The van der Waals surface area contributed by atoms with Gasteiger partial charge in [0.05, 0.1) is 6.61 Å². The second-order valence-corrected chi connectivity index (χ2v) is 5.31. The molecule has 0 bridgehead atoms. The molecular weight excluding hydrogens is 266 g/mol. The number of urea groups is 1. The fourth-order valence-electron chi connectivity index (χ4n) is 1.83. The molecule has 1 aromatic rings. The average Bonchev–Trinajstić information content (AvgIpc) is 2.45. The van der Waals surface area contributed by atoms with E-state index in [9.17, 15) is 4.79 Å². The van der Waals surface area contributed by atoms with Gasteiger partial charge in [-0.1, -0.05) is 18.2 Å². The first-order valence-corrected chi connectivity index (χ1v) is 7.44. The van der Waals surface area contributed by atoms with Crippen LogP contribution in [0.15, 0.2) is 24.3 Å². The largest absolute Gasteiger partial charge is 0.493 e. The lowest BCUT2D eigenvalue weighted by molar-refractivity contribution is 0.238. The van der Waals surface area contributed by atoms with Gasteiger partial charge in [-0.3, -0.25) is 0 Å². The van der Waals surface area contributed by atoms with Crippen LogP contribution in [0.3, 0.4) is 0 Å².